The van der Waals surface area contributed by atoms with E-state index in [1.165, 1.54) is 51.4 Å². The van der Waals surface area contributed by atoms with Crippen LogP contribution in [-0.4, -0.2) is 62.8 Å². The lowest BCUT2D eigenvalue weighted by molar-refractivity contribution is -0.0352. The Kier molecular flexibility index (Phi) is 6.17. The van der Waals surface area contributed by atoms with E-state index in [1.807, 2.05) is 7.05 Å². The Labute approximate surface area is 141 Å². The molecule has 23 heavy (non-hydrogen) atoms. The largest absolute Gasteiger partial charge is 0.379 e. The second-order valence-corrected chi connectivity index (χ2v) is 7.49. The number of guanidine groups is 1. The number of nitrogens with zero attached hydrogens (tertiary/aromatic N) is 2. The van der Waals surface area contributed by atoms with Gasteiger partial charge in [0.25, 0.3) is 0 Å². The maximum atomic E-state index is 5.57. The van der Waals surface area contributed by atoms with Gasteiger partial charge in [-0.3, -0.25) is 9.89 Å². The van der Waals surface area contributed by atoms with Crippen molar-refractivity contribution >= 4 is 5.96 Å². The number of aliphatic imine (C=N–C) groups is 1. The van der Waals surface area contributed by atoms with Crippen LogP contribution in [-0.2, 0) is 4.74 Å². The second-order valence-electron chi connectivity index (χ2n) is 7.49. The molecule has 0 aromatic heterocycles. The van der Waals surface area contributed by atoms with Crippen molar-refractivity contribution < 1.29 is 4.74 Å². The summed E-state index contributed by atoms with van der Waals surface area (Å²) in [5, 5.41) is 7.16. The molecule has 2 saturated carbocycles. The molecule has 3 fully saturated rings. The van der Waals surface area contributed by atoms with Crippen LogP contribution in [0.2, 0.25) is 0 Å². The van der Waals surface area contributed by atoms with Crippen molar-refractivity contribution in [3.05, 3.63) is 0 Å². The summed E-state index contributed by atoms with van der Waals surface area (Å²) in [5.74, 6) is 1.84. The fourth-order valence-corrected chi connectivity index (χ4v) is 4.26. The average molecular weight is 322 g/mol. The van der Waals surface area contributed by atoms with Gasteiger partial charge in [-0.2, -0.15) is 0 Å². The number of ether oxygens (including phenoxy) is 1. The lowest BCUT2D eigenvalue weighted by Gasteiger charge is -2.48. The van der Waals surface area contributed by atoms with Crippen LogP contribution in [0, 0.1) is 5.92 Å². The molecular weight excluding hydrogens is 288 g/mol. The summed E-state index contributed by atoms with van der Waals surface area (Å²) in [6.45, 7) is 6.01. The Balaban J connectivity index is 1.54. The highest BCUT2D eigenvalue weighted by atomic mass is 16.5. The van der Waals surface area contributed by atoms with E-state index < -0.39 is 0 Å². The molecule has 0 aromatic rings. The van der Waals surface area contributed by atoms with Crippen molar-refractivity contribution in [3.63, 3.8) is 0 Å². The number of nitrogens with one attached hydrogen (secondary N) is 2. The SMILES string of the molecule is CN=C(NCC1CCC1)NCC1(N2CCOCC2)CCCCC1. The zero-order valence-electron chi connectivity index (χ0n) is 14.8. The first-order valence-electron chi connectivity index (χ1n) is 9.60. The summed E-state index contributed by atoms with van der Waals surface area (Å²) >= 11 is 0. The average Bonchev–Trinajstić information content (AvgIpc) is 2.58. The molecule has 3 rings (SSSR count). The highest BCUT2D eigenvalue weighted by Gasteiger charge is 2.38. The summed E-state index contributed by atoms with van der Waals surface area (Å²) in [4.78, 5) is 7.11. The molecule has 0 atom stereocenters. The van der Waals surface area contributed by atoms with Gasteiger partial charge in [0.1, 0.15) is 0 Å². The summed E-state index contributed by atoms with van der Waals surface area (Å²) < 4.78 is 5.57. The Bertz CT molecular complexity index is 382. The van der Waals surface area contributed by atoms with E-state index in [9.17, 15) is 0 Å². The van der Waals surface area contributed by atoms with Crippen molar-refractivity contribution in [1.29, 1.82) is 0 Å². The molecule has 1 aliphatic heterocycles. The van der Waals surface area contributed by atoms with Gasteiger partial charge < -0.3 is 15.4 Å². The first-order chi connectivity index (χ1) is 11.3. The van der Waals surface area contributed by atoms with E-state index in [4.69, 9.17) is 4.74 Å². The molecular formula is C18H34N4O. The van der Waals surface area contributed by atoms with Crippen molar-refractivity contribution in [1.82, 2.24) is 15.5 Å². The number of rotatable bonds is 5. The quantitative estimate of drug-likeness (QED) is 0.600. The topological polar surface area (TPSA) is 48.9 Å². The van der Waals surface area contributed by atoms with Crippen LogP contribution in [0.3, 0.4) is 0 Å². The van der Waals surface area contributed by atoms with Crippen molar-refractivity contribution in [2.24, 2.45) is 10.9 Å². The number of morpholine rings is 1. The van der Waals surface area contributed by atoms with E-state index >= 15 is 0 Å². The third-order valence-corrected chi connectivity index (χ3v) is 6.06. The van der Waals surface area contributed by atoms with Crippen LogP contribution in [0.25, 0.3) is 0 Å². The number of hydrogen-bond donors (Lipinski definition) is 2. The van der Waals surface area contributed by atoms with Gasteiger partial charge in [-0.25, -0.2) is 0 Å². The van der Waals surface area contributed by atoms with Crippen LogP contribution in [0.4, 0.5) is 0 Å². The standard InChI is InChI=1S/C18H34N4O/c1-19-17(20-14-16-6-5-7-16)21-15-18(8-3-2-4-9-18)22-10-12-23-13-11-22/h16H,2-15H2,1H3,(H2,19,20,21). The number of hydrogen-bond acceptors (Lipinski definition) is 3. The Morgan fingerprint density at radius 2 is 1.83 bits per heavy atom. The van der Waals surface area contributed by atoms with E-state index in [2.05, 4.69) is 20.5 Å². The van der Waals surface area contributed by atoms with Crippen molar-refractivity contribution in [2.45, 2.75) is 56.9 Å². The van der Waals surface area contributed by atoms with E-state index in [-0.39, 0.29) is 0 Å². The lowest BCUT2D eigenvalue weighted by atomic mass is 9.79. The molecule has 1 heterocycles. The second kappa shape index (κ2) is 8.34. The molecule has 5 heteroatoms. The fraction of sp³-hybridized carbons (Fsp3) is 0.944. The Morgan fingerprint density at radius 1 is 1.09 bits per heavy atom. The molecule has 0 spiro atoms. The summed E-state index contributed by atoms with van der Waals surface area (Å²) in [6, 6.07) is 0. The van der Waals surface area contributed by atoms with Gasteiger partial charge in [-0.05, 0) is 31.6 Å². The predicted octanol–water partition coefficient (Wildman–Crippen LogP) is 1.99. The Morgan fingerprint density at radius 3 is 2.43 bits per heavy atom. The highest BCUT2D eigenvalue weighted by molar-refractivity contribution is 5.79. The smallest absolute Gasteiger partial charge is 0.191 e. The monoisotopic (exact) mass is 322 g/mol. The van der Waals surface area contributed by atoms with Crippen LogP contribution < -0.4 is 10.6 Å². The van der Waals surface area contributed by atoms with E-state index in [0.29, 0.717) is 5.54 Å². The fourth-order valence-electron chi connectivity index (χ4n) is 4.26. The first-order valence-corrected chi connectivity index (χ1v) is 9.60. The van der Waals surface area contributed by atoms with E-state index in [0.717, 1.165) is 51.3 Å². The van der Waals surface area contributed by atoms with E-state index in [1.54, 1.807) is 0 Å². The lowest BCUT2D eigenvalue weighted by Crippen LogP contribution is -2.60. The third-order valence-electron chi connectivity index (χ3n) is 6.06. The van der Waals surface area contributed by atoms with Crippen LogP contribution in [0.15, 0.2) is 4.99 Å². The van der Waals surface area contributed by atoms with Gasteiger partial charge in [-0.1, -0.05) is 25.7 Å². The normalized spacial score (nSPS) is 26.6. The minimum absolute atomic E-state index is 0.302. The molecule has 0 bridgehead atoms. The van der Waals surface area contributed by atoms with Gasteiger partial charge in [0, 0.05) is 38.8 Å². The van der Waals surface area contributed by atoms with Gasteiger partial charge in [0.2, 0.25) is 0 Å². The van der Waals surface area contributed by atoms with Gasteiger partial charge in [0.05, 0.1) is 13.2 Å². The summed E-state index contributed by atoms with van der Waals surface area (Å²) in [5.41, 5.74) is 0.302. The van der Waals surface area contributed by atoms with Crippen molar-refractivity contribution in [2.75, 3.05) is 46.4 Å². The molecule has 0 amide bonds. The van der Waals surface area contributed by atoms with Crippen LogP contribution in [0.5, 0.6) is 0 Å². The highest BCUT2D eigenvalue weighted by Crippen LogP contribution is 2.33. The van der Waals surface area contributed by atoms with Gasteiger partial charge in [0.15, 0.2) is 5.96 Å². The first kappa shape index (κ1) is 17.0. The van der Waals surface area contributed by atoms with Gasteiger partial charge >= 0.3 is 0 Å². The molecule has 0 unspecified atom stereocenters. The molecule has 0 radical (unpaired) electrons. The molecule has 3 aliphatic rings. The summed E-state index contributed by atoms with van der Waals surface area (Å²) in [6.07, 6.45) is 10.9. The molecule has 2 N–H and O–H groups in total. The maximum Gasteiger partial charge on any atom is 0.191 e. The predicted molar refractivity (Wildman–Crippen MR) is 94.9 cm³/mol. The molecule has 0 aromatic carbocycles. The zero-order valence-corrected chi connectivity index (χ0v) is 14.8. The van der Waals surface area contributed by atoms with Gasteiger partial charge in [-0.15, -0.1) is 0 Å². The minimum atomic E-state index is 0.302. The zero-order chi connectivity index (χ0) is 16.0. The van der Waals surface area contributed by atoms with Crippen LogP contribution in [0.1, 0.15) is 51.4 Å². The van der Waals surface area contributed by atoms with Crippen molar-refractivity contribution in [3.8, 4) is 0 Å². The van der Waals surface area contributed by atoms with Crippen LogP contribution >= 0.6 is 0 Å². The maximum absolute atomic E-state index is 5.57. The molecule has 5 nitrogen and oxygen atoms in total. The Hall–Kier alpha value is -0.810. The minimum Gasteiger partial charge on any atom is -0.379 e. The summed E-state index contributed by atoms with van der Waals surface area (Å²) in [7, 11) is 1.89. The third kappa shape index (κ3) is 4.38. The molecule has 2 aliphatic carbocycles. The molecule has 1 saturated heterocycles. The molecule has 132 valence electrons.